The van der Waals surface area contributed by atoms with Crippen LogP contribution in [0.1, 0.15) is 53.4 Å². The SMILES string of the molecule is CCCC/C(C)=N/C(Cl)=C(\C)CC. The first kappa shape index (κ1) is 12.7. The van der Waals surface area contributed by atoms with Crippen LogP contribution < -0.4 is 0 Å². The van der Waals surface area contributed by atoms with Gasteiger partial charge in [0.25, 0.3) is 0 Å². The molecule has 13 heavy (non-hydrogen) atoms. The molecular formula is C11H20ClN. The maximum absolute atomic E-state index is 6.00. The molecule has 0 saturated carbocycles. The number of rotatable bonds is 5. The van der Waals surface area contributed by atoms with Crippen molar-refractivity contribution in [1.82, 2.24) is 0 Å². The Kier molecular flexibility index (Phi) is 6.97. The number of nitrogens with zero attached hydrogens (tertiary/aromatic N) is 1. The molecule has 0 rings (SSSR count). The van der Waals surface area contributed by atoms with Gasteiger partial charge < -0.3 is 0 Å². The molecule has 0 aromatic carbocycles. The Morgan fingerprint density at radius 3 is 2.31 bits per heavy atom. The fourth-order valence-corrected chi connectivity index (χ4v) is 1.18. The highest BCUT2D eigenvalue weighted by atomic mass is 35.5. The summed E-state index contributed by atoms with van der Waals surface area (Å²) in [5, 5.41) is 0.677. The molecule has 0 fully saturated rings. The van der Waals surface area contributed by atoms with Gasteiger partial charge in [-0.3, -0.25) is 0 Å². The van der Waals surface area contributed by atoms with Crippen LogP contribution in [-0.4, -0.2) is 5.71 Å². The van der Waals surface area contributed by atoms with Crippen molar-refractivity contribution in [2.75, 3.05) is 0 Å². The molecular weight excluding hydrogens is 182 g/mol. The van der Waals surface area contributed by atoms with Crippen LogP contribution in [-0.2, 0) is 0 Å². The van der Waals surface area contributed by atoms with Crippen LogP contribution in [0.5, 0.6) is 0 Å². The van der Waals surface area contributed by atoms with Gasteiger partial charge in [0.15, 0.2) is 0 Å². The lowest BCUT2D eigenvalue weighted by molar-refractivity contribution is 0.832. The van der Waals surface area contributed by atoms with E-state index in [0.717, 1.165) is 24.1 Å². The van der Waals surface area contributed by atoms with Crippen LogP contribution in [0.25, 0.3) is 0 Å². The highest BCUT2D eigenvalue weighted by molar-refractivity contribution is 6.30. The van der Waals surface area contributed by atoms with Gasteiger partial charge in [-0.25, -0.2) is 4.99 Å². The topological polar surface area (TPSA) is 12.4 Å². The number of allylic oxidation sites excluding steroid dienone is 1. The van der Waals surface area contributed by atoms with Crippen molar-refractivity contribution in [2.24, 2.45) is 4.99 Å². The maximum Gasteiger partial charge on any atom is 0.127 e. The molecule has 0 unspecified atom stereocenters. The summed E-state index contributed by atoms with van der Waals surface area (Å²) in [6, 6.07) is 0. The Balaban J connectivity index is 4.20. The number of hydrogen-bond donors (Lipinski definition) is 0. The first-order valence-electron chi connectivity index (χ1n) is 5.01. The zero-order valence-corrected chi connectivity index (χ0v) is 9.91. The number of unbranched alkanes of at least 4 members (excludes halogenated alkanes) is 1. The van der Waals surface area contributed by atoms with Crippen LogP contribution in [0.15, 0.2) is 15.7 Å². The molecule has 0 aromatic rings. The zero-order chi connectivity index (χ0) is 10.3. The molecule has 0 N–H and O–H groups in total. The van der Waals surface area contributed by atoms with Crippen molar-refractivity contribution in [3.63, 3.8) is 0 Å². The van der Waals surface area contributed by atoms with Gasteiger partial charge >= 0.3 is 0 Å². The third-order valence-corrected chi connectivity index (χ3v) is 2.47. The van der Waals surface area contributed by atoms with Crippen molar-refractivity contribution >= 4 is 17.3 Å². The molecule has 0 radical (unpaired) electrons. The van der Waals surface area contributed by atoms with E-state index >= 15 is 0 Å². The summed E-state index contributed by atoms with van der Waals surface area (Å²) in [5.41, 5.74) is 2.30. The molecule has 1 nitrogen and oxygen atoms in total. The minimum atomic E-state index is 0.677. The average Bonchev–Trinajstić information content (AvgIpc) is 2.13. The van der Waals surface area contributed by atoms with E-state index < -0.39 is 0 Å². The molecule has 0 aliphatic rings. The summed E-state index contributed by atoms with van der Waals surface area (Å²) in [5.74, 6) is 0. The molecule has 76 valence electrons. The molecule has 0 heterocycles. The predicted octanol–water partition coefficient (Wildman–Crippen LogP) is 4.52. The van der Waals surface area contributed by atoms with Crippen LogP contribution in [0.2, 0.25) is 0 Å². The molecule has 2 heteroatoms. The highest BCUT2D eigenvalue weighted by Gasteiger charge is 1.96. The Labute approximate surface area is 86.9 Å². The summed E-state index contributed by atoms with van der Waals surface area (Å²) >= 11 is 6.00. The fraction of sp³-hybridized carbons (Fsp3) is 0.727. The molecule has 0 saturated heterocycles. The summed E-state index contributed by atoms with van der Waals surface area (Å²) in [7, 11) is 0. The van der Waals surface area contributed by atoms with E-state index in [4.69, 9.17) is 11.6 Å². The smallest absolute Gasteiger partial charge is 0.127 e. The maximum atomic E-state index is 6.00. The minimum absolute atomic E-state index is 0.677. The molecule has 0 spiro atoms. The Morgan fingerprint density at radius 2 is 1.85 bits per heavy atom. The van der Waals surface area contributed by atoms with Crippen LogP contribution >= 0.6 is 11.6 Å². The first-order chi connectivity index (χ1) is 6.11. The van der Waals surface area contributed by atoms with E-state index in [1.54, 1.807) is 0 Å². The highest BCUT2D eigenvalue weighted by Crippen LogP contribution is 2.14. The predicted molar refractivity (Wildman–Crippen MR) is 61.5 cm³/mol. The monoisotopic (exact) mass is 201 g/mol. The van der Waals surface area contributed by atoms with Crippen LogP contribution in [0.3, 0.4) is 0 Å². The van der Waals surface area contributed by atoms with E-state index in [1.807, 2.05) is 13.8 Å². The van der Waals surface area contributed by atoms with E-state index in [0.29, 0.717) is 5.16 Å². The molecule has 0 amide bonds. The quantitative estimate of drug-likeness (QED) is 0.458. The normalized spacial score (nSPS) is 14.4. The van der Waals surface area contributed by atoms with E-state index in [2.05, 4.69) is 18.8 Å². The zero-order valence-electron chi connectivity index (χ0n) is 9.15. The van der Waals surface area contributed by atoms with Crippen molar-refractivity contribution in [3.8, 4) is 0 Å². The fourth-order valence-electron chi connectivity index (χ4n) is 0.897. The van der Waals surface area contributed by atoms with Crippen LogP contribution in [0, 0.1) is 0 Å². The standard InChI is InChI=1S/C11H20ClN/c1-5-7-8-10(4)13-11(12)9(3)6-2/h5-8H2,1-4H3/b11-9+,13-10+. The van der Waals surface area contributed by atoms with Crippen molar-refractivity contribution in [2.45, 2.75) is 53.4 Å². The lowest BCUT2D eigenvalue weighted by atomic mass is 10.2. The second-order valence-corrected chi connectivity index (χ2v) is 3.73. The molecule has 0 bridgehead atoms. The van der Waals surface area contributed by atoms with Gasteiger partial charge in [0.05, 0.1) is 0 Å². The summed E-state index contributed by atoms with van der Waals surface area (Å²) < 4.78 is 0. The van der Waals surface area contributed by atoms with Crippen LogP contribution in [0.4, 0.5) is 0 Å². The lowest BCUT2D eigenvalue weighted by Crippen LogP contribution is -1.91. The van der Waals surface area contributed by atoms with Gasteiger partial charge in [-0.05, 0) is 38.7 Å². The second kappa shape index (κ2) is 7.14. The Hall–Kier alpha value is -0.300. The number of hydrogen-bond acceptors (Lipinski definition) is 1. The molecule has 0 aliphatic heterocycles. The number of halogens is 1. The van der Waals surface area contributed by atoms with E-state index in [9.17, 15) is 0 Å². The largest absolute Gasteiger partial charge is 0.246 e. The van der Waals surface area contributed by atoms with Crippen molar-refractivity contribution in [1.29, 1.82) is 0 Å². The molecule has 0 atom stereocenters. The Morgan fingerprint density at radius 1 is 1.23 bits per heavy atom. The van der Waals surface area contributed by atoms with E-state index in [-0.39, 0.29) is 0 Å². The van der Waals surface area contributed by atoms with Gasteiger partial charge in [0.1, 0.15) is 5.16 Å². The summed E-state index contributed by atoms with van der Waals surface area (Å²) in [6.07, 6.45) is 4.44. The lowest BCUT2D eigenvalue weighted by Gasteiger charge is -2.00. The molecule has 0 aromatic heterocycles. The van der Waals surface area contributed by atoms with Crippen molar-refractivity contribution < 1.29 is 0 Å². The number of aliphatic imine (C=N–C) groups is 1. The van der Waals surface area contributed by atoms with Gasteiger partial charge in [-0.2, -0.15) is 0 Å². The molecule has 0 aliphatic carbocycles. The average molecular weight is 202 g/mol. The van der Waals surface area contributed by atoms with Gasteiger partial charge in [0.2, 0.25) is 0 Å². The Bertz CT molecular complexity index is 204. The van der Waals surface area contributed by atoms with E-state index in [1.165, 1.54) is 12.8 Å². The first-order valence-corrected chi connectivity index (χ1v) is 5.39. The van der Waals surface area contributed by atoms with Gasteiger partial charge in [-0.15, -0.1) is 0 Å². The van der Waals surface area contributed by atoms with Gasteiger partial charge in [-0.1, -0.05) is 31.9 Å². The summed E-state index contributed by atoms with van der Waals surface area (Å²) in [4.78, 5) is 4.35. The van der Waals surface area contributed by atoms with Gasteiger partial charge in [0, 0.05) is 5.71 Å². The third kappa shape index (κ3) is 5.87. The summed E-state index contributed by atoms with van der Waals surface area (Å²) in [6.45, 7) is 8.34. The third-order valence-electron chi connectivity index (χ3n) is 2.06. The second-order valence-electron chi connectivity index (χ2n) is 3.38. The minimum Gasteiger partial charge on any atom is -0.246 e. The van der Waals surface area contributed by atoms with Crippen molar-refractivity contribution in [3.05, 3.63) is 10.7 Å².